The maximum Gasteiger partial charge on any atom is 0.417 e. The van der Waals surface area contributed by atoms with Gasteiger partial charge in [0.05, 0.1) is 33.0 Å². The standard InChI is InChI=1S/C27H23ClF3N5O2/c1-35-6-8-36(9-7-35)24-13-21(28)18(17-10-16-4-2-3-5-22(16)32-14-17)11-23(24)34-26(38)19-15-33-25(37)12-20(19)27(29,30)31/h2-5,10-15H,6-9H2,1H3,(H,33,37)(H,34,38). The Morgan fingerprint density at radius 1 is 1.08 bits per heavy atom. The van der Waals surface area contributed by atoms with Gasteiger partial charge in [-0.05, 0) is 31.3 Å². The van der Waals surface area contributed by atoms with E-state index in [4.69, 9.17) is 11.6 Å². The summed E-state index contributed by atoms with van der Waals surface area (Å²) in [4.78, 5) is 35.6. The minimum atomic E-state index is -4.89. The molecule has 5 rings (SSSR count). The summed E-state index contributed by atoms with van der Waals surface area (Å²) in [5, 5.41) is 3.94. The Kier molecular flexibility index (Phi) is 6.85. The third kappa shape index (κ3) is 5.23. The number of alkyl halides is 3. The van der Waals surface area contributed by atoms with E-state index >= 15 is 0 Å². The monoisotopic (exact) mass is 541 g/mol. The number of hydrogen-bond donors (Lipinski definition) is 2. The lowest BCUT2D eigenvalue weighted by atomic mass is 10.0. The van der Waals surface area contributed by atoms with Crippen LogP contribution in [0, 0.1) is 0 Å². The topological polar surface area (TPSA) is 81.3 Å². The van der Waals surface area contributed by atoms with Crippen molar-refractivity contribution in [3.63, 3.8) is 0 Å². The van der Waals surface area contributed by atoms with Crippen molar-refractivity contribution in [2.75, 3.05) is 43.4 Å². The van der Waals surface area contributed by atoms with Crippen LogP contribution in [0.4, 0.5) is 24.5 Å². The number of anilines is 2. The van der Waals surface area contributed by atoms with Crippen molar-refractivity contribution in [2.45, 2.75) is 6.18 Å². The third-order valence-electron chi connectivity index (χ3n) is 6.55. The fourth-order valence-electron chi connectivity index (χ4n) is 4.50. The molecule has 7 nitrogen and oxygen atoms in total. The van der Waals surface area contributed by atoms with Crippen molar-refractivity contribution in [1.82, 2.24) is 14.9 Å². The molecule has 1 amide bonds. The van der Waals surface area contributed by atoms with E-state index in [0.29, 0.717) is 46.7 Å². The molecule has 0 radical (unpaired) electrons. The minimum Gasteiger partial charge on any atom is -0.367 e. The molecule has 3 heterocycles. The van der Waals surface area contributed by atoms with Crippen LogP contribution in [-0.4, -0.2) is 54.0 Å². The van der Waals surface area contributed by atoms with Crippen LogP contribution in [0.5, 0.6) is 0 Å². The summed E-state index contributed by atoms with van der Waals surface area (Å²) in [6.45, 7) is 2.80. The fraction of sp³-hybridized carbons (Fsp3) is 0.222. The lowest BCUT2D eigenvalue weighted by molar-refractivity contribution is -0.138. The van der Waals surface area contributed by atoms with Gasteiger partial charge in [0.2, 0.25) is 5.56 Å². The van der Waals surface area contributed by atoms with Crippen LogP contribution in [-0.2, 0) is 6.18 Å². The summed E-state index contributed by atoms with van der Waals surface area (Å²) in [6.07, 6.45) is -2.45. The van der Waals surface area contributed by atoms with Crippen LogP contribution in [0.1, 0.15) is 15.9 Å². The molecule has 0 atom stereocenters. The zero-order valence-electron chi connectivity index (χ0n) is 20.3. The Morgan fingerprint density at radius 3 is 2.55 bits per heavy atom. The number of nitrogens with one attached hydrogen (secondary N) is 2. The number of rotatable bonds is 4. The maximum atomic E-state index is 13.6. The van der Waals surface area contributed by atoms with Crippen molar-refractivity contribution in [3.8, 4) is 11.1 Å². The number of halogens is 4. The first-order valence-corrected chi connectivity index (χ1v) is 12.2. The van der Waals surface area contributed by atoms with Crippen molar-refractivity contribution >= 4 is 39.8 Å². The summed E-state index contributed by atoms with van der Waals surface area (Å²) in [5.74, 6) is -1.01. The fourth-order valence-corrected chi connectivity index (χ4v) is 4.76. The average molecular weight is 542 g/mol. The summed E-state index contributed by atoms with van der Waals surface area (Å²) in [5.41, 5.74) is -0.0153. The predicted molar refractivity (Wildman–Crippen MR) is 142 cm³/mol. The maximum absolute atomic E-state index is 13.6. The summed E-state index contributed by atoms with van der Waals surface area (Å²) < 4.78 is 40.9. The molecule has 38 heavy (non-hydrogen) atoms. The SMILES string of the molecule is CN1CCN(c2cc(Cl)c(-c3cnc4ccccc4c3)cc2NC(=O)c2c[nH]c(=O)cc2C(F)(F)F)CC1. The molecular weight excluding hydrogens is 519 g/mol. The van der Waals surface area contributed by atoms with Gasteiger partial charge in [-0.1, -0.05) is 29.8 Å². The first-order chi connectivity index (χ1) is 18.1. The number of piperazine rings is 1. The number of hydrogen-bond acceptors (Lipinski definition) is 5. The van der Waals surface area contributed by atoms with Crippen LogP contribution in [0.2, 0.25) is 5.02 Å². The number of carbonyl (C=O) groups is 1. The molecule has 4 aromatic rings. The van der Waals surface area contributed by atoms with E-state index in [-0.39, 0.29) is 0 Å². The summed E-state index contributed by atoms with van der Waals surface area (Å²) >= 11 is 6.72. The summed E-state index contributed by atoms with van der Waals surface area (Å²) in [7, 11) is 2.00. The van der Waals surface area contributed by atoms with Crippen LogP contribution in [0.25, 0.3) is 22.0 Å². The molecule has 0 saturated carbocycles. The van der Waals surface area contributed by atoms with E-state index in [1.165, 1.54) is 0 Å². The number of nitrogens with zero attached hydrogens (tertiary/aromatic N) is 3. The highest BCUT2D eigenvalue weighted by Gasteiger charge is 2.36. The number of pyridine rings is 2. The molecule has 1 aliphatic rings. The lowest BCUT2D eigenvalue weighted by Crippen LogP contribution is -2.44. The predicted octanol–water partition coefficient (Wildman–Crippen LogP) is 5.27. The van der Waals surface area contributed by atoms with E-state index in [9.17, 15) is 22.8 Å². The second-order valence-electron chi connectivity index (χ2n) is 9.13. The van der Waals surface area contributed by atoms with E-state index in [2.05, 4.69) is 20.2 Å². The molecular formula is C27H23ClF3N5O2. The molecule has 2 aromatic carbocycles. The molecule has 2 aromatic heterocycles. The van der Waals surface area contributed by atoms with Gasteiger partial charge >= 0.3 is 6.18 Å². The number of aromatic nitrogens is 2. The van der Waals surface area contributed by atoms with E-state index < -0.39 is 28.8 Å². The number of likely N-dealkylation sites (N-methyl/N-ethyl adjacent to an activating group) is 1. The second kappa shape index (κ2) is 10.1. The normalized spacial score (nSPS) is 14.6. The Balaban J connectivity index is 1.60. The van der Waals surface area contributed by atoms with E-state index in [1.54, 1.807) is 18.3 Å². The second-order valence-corrected chi connectivity index (χ2v) is 9.54. The highest BCUT2D eigenvalue weighted by atomic mass is 35.5. The van der Waals surface area contributed by atoms with Crippen molar-refractivity contribution < 1.29 is 18.0 Å². The molecule has 1 aliphatic heterocycles. The minimum absolute atomic E-state index is 0.298. The van der Waals surface area contributed by atoms with E-state index in [0.717, 1.165) is 30.2 Å². The third-order valence-corrected chi connectivity index (χ3v) is 6.87. The lowest BCUT2D eigenvalue weighted by Gasteiger charge is -2.35. The first kappa shape index (κ1) is 25.7. The molecule has 11 heteroatoms. The van der Waals surface area contributed by atoms with Crippen LogP contribution >= 0.6 is 11.6 Å². The molecule has 0 bridgehead atoms. The van der Waals surface area contributed by atoms with Gasteiger partial charge in [-0.3, -0.25) is 14.6 Å². The zero-order valence-corrected chi connectivity index (χ0v) is 21.0. The number of amides is 1. The van der Waals surface area contributed by atoms with Gasteiger partial charge in [-0.25, -0.2) is 0 Å². The Morgan fingerprint density at radius 2 is 1.82 bits per heavy atom. The van der Waals surface area contributed by atoms with Gasteiger partial charge in [-0.2, -0.15) is 13.2 Å². The molecule has 0 unspecified atom stereocenters. The van der Waals surface area contributed by atoms with Gasteiger partial charge in [0.1, 0.15) is 0 Å². The molecule has 0 aliphatic carbocycles. The van der Waals surface area contributed by atoms with Crippen LogP contribution in [0.15, 0.2) is 65.7 Å². The first-order valence-electron chi connectivity index (χ1n) is 11.8. The van der Waals surface area contributed by atoms with Crippen molar-refractivity contribution in [3.05, 3.63) is 87.4 Å². The number of fused-ring (bicyclic) bond motifs is 1. The van der Waals surface area contributed by atoms with Crippen molar-refractivity contribution in [2.24, 2.45) is 0 Å². The van der Waals surface area contributed by atoms with E-state index in [1.807, 2.05) is 42.3 Å². The molecule has 196 valence electrons. The van der Waals surface area contributed by atoms with Crippen molar-refractivity contribution in [1.29, 1.82) is 0 Å². The number of H-pyrrole nitrogens is 1. The van der Waals surface area contributed by atoms with Crippen LogP contribution < -0.4 is 15.8 Å². The average Bonchev–Trinajstić information content (AvgIpc) is 2.89. The summed E-state index contributed by atoms with van der Waals surface area (Å²) in [6, 6.07) is 13.2. The molecule has 1 saturated heterocycles. The smallest absolute Gasteiger partial charge is 0.367 e. The molecule has 2 N–H and O–H groups in total. The Labute approximate surface area is 220 Å². The number of benzene rings is 2. The number of aromatic amines is 1. The Bertz CT molecular complexity index is 1580. The molecule has 1 fully saturated rings. The quantitative estimate of drug-likeness (QED) is 0.368. The highest BCUT2D eigenvalue weighted by molar-refractivity contribution is 6.34. The van der Waals surface area contributed by atoms with Gasteiger partial charge in [0.15, 0.2) is 0 Å². The van der Waals surface area contributed by atoms with Crippen LogP contribution in [0.3, 0.4) is 0 Å². The highest BCUT2D eigenvalue weighted by Crippen LogP contribution is 2.39. The number of carbonyl (C=O) groups excluding carboxylic acids is 1. The van der Waals surface area contributed by atoms with Gasteiger partial charge in [0, 0.05) is 61.2 Å². The van der Waals surface area contributed by atoms with Gasteiger partial charge in [-0.15, -0.1) is 0 Å². The largest absolute Gasteiger partial charge is 0.417 e. The Hall–Kier alpha value is -3.89. The molecule has 0 spiro atoms. The number of para-hydroxylation sites is 1. The van der Waals surface area contributed by atoms with Gasteiger partial charge in [0.25, 0.3) is 5.91 Å². The zero-order chi connectivity index (χ0) is 27.0. The van der Waals surface area contributed by atoms with Gasteiger partial charge < -0.3 is 20.1 Å².